The van der Waals surface area contributed by atoms with E-state index < -0.39 is 10.0 Å². The molecule has 0 unspecified atom stereocenters. The topological polar surface area (TPSA) is 105 Å². The first kappa shape index (κ1) is 23.3. The molecule has 0 aliphatic rings. The lowest BCUT2D eigenvalue weighted by Gasteiger charge is -2.11. The standard InChI is InChI=1S/C23H29N5O3S/c1-4-6-15-31-20-11-13-21(14-12-20)32(29,30)28-19-9-7-18(8-10-19)26-22-16-17(3)25-23(27-22)24-5-2/h7-14,16,28H,4-6,15H2,1-3H3,(H2,24,25,26,27). The van der Waals surface area contributed by atoms with E-state index in [0.29, 0.717) is 29.8 Å². The molecule has 3 aromatic rings. The maximum Gasteiger partial charge on any atom is 0.261 e. The van der Waals surface area contributed by atoms with Crippen LogP contribution in [-0.2, 0) is 10.0 Å². The monoisotopic (exact) mass is 455 g/mol. The quantitative estimate of drug-likeness (QED) is 0.352. The highest BCUT2D eigenvalue weighted by atomic mass is 32.2. The second-order valence-electron chi connectivity index (χ2n) is 7.23. The summed E-state index contributed by atoms with van der Waals surface area (Å²) in [4.78, 5) is 8.92. The molecule has 0 atom stereocenters. The van der Waals surface area contributed by atoms with Gasteiger partial charge in [0.2, 0.25) is 5.95 Å². The molecule has 0 spiro atoms. The molecular formula is C23H29N5O3S. The number of aryl methyl sites for hydroxylation is 1. The van der Waals surface area contributed by atoms with Gasteiger partial charge in [0.25, 0.3) is 10.0 Å². The summed E-state index contributed by atoms with van der Waals surface area (Å²) in [6.07, 6.45) is 2.00. The number of benzene rings is 2. The normalized spacial score (nSPS) is 11.1. The number of anilines is 4. The summed E-state index contributed by atoms with van der Waals surface area (Å²) >= 11 is 0. The van der Waals surface area contributed by atoms with Gasteiger partial charge in [0, 0.05) is 29.7 Å². The first-order valence-corrected chi connectivity index (χ1v) is 12.1. The van der Waals surface area contributed by atoms with E-state index in [2.05, 4.69) is 32.2 Å². The van der Waals surface area contributed by atoms with Crippen LogP contribution in [0.5, 0.6) is 5.75 Å². The third-order valence-electron chi connectivity index (χ3n) is 4.50. The molecule has 0 aliphatic carbocycles. The predicted molar refractivity (Wildman–Crippen MR) is 128 cm³/mol. The number of ether oxygens (including phenoxy) is 1. The minimum atomic E-state index is -3.70. The maximum absolute atomic E-state index is 12.7. The van der Waals surface area contributed by atoms with Crippen LogP contribution in [0.3, 0.4) is 0 Å². The number of nitrogens with zero attached hydrogens (tertiary/aromatic N) is 2. The van der Waals surface area contributed by atoms with E-state index >= 15 is 0 Å². The summed E-state index contributed by atoms with van der Waals surface area (Å²) in [5.74, 6) is 1.87. The highest BCUT2D eigenvalue weighted by Crippen LogP contribution is 2.22. The molecule has 3 N–H and O–H groups in total. The predicted octanol–water partition coefficient (Wildman–Crippen LogP) is 4.94. The Labute approximate surface area is 189 Å². The first-order valence-electron chi connectivity index (χ1n) is 10.6. The number of nitrogens with one attached hydrogen (secondary N) is 3. The number of rotatable bonds is 11. The van der Waals surface area contributed by atoms with Gasteiger partial charge in [-0.15, -0.1) is 0 Å². The van der Waals surface area contributed by atoms with Crippen LogP contribution in [0, 0.1) is 6.92 Å². The van der Waals surface area contributed by atoms with Crippen LogP contribution in [0.1, 0.15) is 32.4 Å². The van der Waals surface area contributed by atoms with Crippen molar-refractivity contribution in [2.75, 3.05) is 28.5 Å². The van der Waals surface area contributed by atoms with E-state index in [0.717, 1.165) is 30.8 Å². The Hall–Kier alpha value is -3.33. The molecule has 2 aromatic carbocycles. The molecular weight excluding hydrogens is 426 g/mol. The summed E-state index contributed by atoms with van der Waals surface area (Å²) in [7, 11) is -3.70. The lowest BCUT2D eigenvalue weighted by atomic mass is 10.3. The van der Waals surface area contributed by atoms with E-state index in [1.54, 1.807) is 48.5 Å². The zero-order chi connectivity index (χ0) is 23.0. The number of sulfonamides is 1. The molecule has 32 heavy (non-hydrogen) atoms. The van der Waals surface area contributed by atoms with Crippen molar-refractivity contribution in [1.29, 1.82) is 0 Å². The molecule has 0 bridgehead atoms. The van der Waals surface area contributed by atoms with Crippen molar-refractivity contribution in [3.8, 4) is 5.75 Å². The summed E-state index contributed by atoms with van der Waals surface area (Å²) in [5, 5.41) is 6.30. The van der Waals surface area contributed by atoms with Crippen molar-refractivity contribution in [2.45, 2.75) is 38.5 Å². The average molecular weight is 456 g/mol. The van der Waals surface area contributed by atoms with Crippen LogP contribution < -0.4 is 20.1 Å². The Morgan fingerprint density at radius 2 is 1.62 bits per heavy atom. The second-order valence-corrected chi connectivity index (χ2v) is 8.91. The van der Waals surface area contributed by atoms with E-state index in [-0.39, 0.29) is 4.90 Å². The largest absolute Gasteiger partial charge is 0.494 e. The number of aromatic nitrogens is 2. The highest BCUT2D eigenvalue weighted by molar-refractivity contribution is 7.92. The van der Waals surface area contributed by atoms with Crippen LogP contribution in [0.4, 0.5) is 23.1 Å². The molecule has 0 radical (unpaired) electrons. The fourth-order valence-electron chi connectivity index (χ4n) is 2.90. The SMILES string of the molecule is CCCCOc1ccc(S(=O)(=O)Nc2ccc(Nc3cc(C)nc(NCC)n3)cc2)cc1. The second kappa shape index (κ2) is 10.8. The minimum Gasteiger partial charge on any atom is -0.494 e. The van der Waals surface area contributed by atoms with Gasteiger partial charge in [-0.25, -0.2) is 13.4 Å². The van der Waals surface area contributed by atoms with E-state index in [4.69, 9.17) is 4.74 Å². The molecule has 0 aliphatic heterocycles. The Balaban J connectivity index is 1.64. The smallest absolute Gasteiger partial charge is 0.261 e. The fourth-order valence-corrected chi connectivity index (χ4v) is 3.96. The van der Waals surface area contributed by atoms with Crippen molar-refractivity contribution < 1.29 is 13.2 Å². The van der Waals surface area contributed by atoms with Gasteiger partial charge in [-0.05, 0) is 68.8 Å². The third-order valence-corrected chi connectivity index (χ3v) is 5.90. The van der Waals surface area contributed by atoms with Gasteiger partial charge in [-0.1, -0.05) is 13.3 Å². The average Bonchev–Trinajstić information content (AvgIpc) is 2.75. The Kier molecular flexibility index (Phi) is 7.88. The van der Waals surface area contributed by atoms with Gasteiger partial charge in [-0.2, -0.15) is 4.98 Å². The van der Waals surface area contributed by atoms with Crippen LogP contribution in [0.2, 0.25) is 0 Å². The Morgan fingerprint density at radius 1 is 0.938 bits per heavy atom. The summed E-state index contributed by atoms with van der Waals surface area (Å²) < 4.78 is 33.6. The van der Waals surface area contributed by atoms with E-state index in [1.807, 2.05) is 19.9 Å². The summed E-state index contributed by atoms with van der Waals surface area (Å²) in [6, 6.07) is 15.2. The van der Waals surface area contributed by atoms with Crippen LogP contribution in [0.15, 0.2) is 59.5 Å². The highest BCUT2D eigenvalue weighted by Gasteiger charge is 2.14. The molecule has 0 saturated carbocycles. The Bertz CT molecular complexity index is 1120. The van der Waals surface area contributed by atoms with Crippen molar-refractivity contribution in [2.24, 2.45) is 0 Å². The number of hydrogen-bond donors (Lipinski definition) is 3. The van der Waals surface area contributed by atoms with Gasteiger partial charge in [-0.3, -0.25) is 4.72 Å². The Morgan fingerprint density at radius 3 is 2.28 bits per heavy atom. The zero-order valence-electron chi connectivity index (χ0n) is 18.6. The van der Waals surface area contributed by atoms with Gasteiger partial charge in [0.05, 0.1) is 11.5 Å². The van der Waals surface area contributed by atoms with Crippen molar-refractivity contribution in [3.05, 3.63) is 60.3 Å². The molecule has 170 valence electrons. The molecule has 0 fully saturated rings. The van der Waals surface area contributed by atoms with Crippen LogP contribution in [-0.4, -0.2) is 31.5 Å². The molecule has 0 amide bonds. The third kappa shape index (κ3) is 6.58. The molecule has 3 rings (SSSR count). The van der Waals surface area contributed by atoms with Crippen molar-refractivity contribution in [3.63, 3.8) is 0 Å². The summed E-state index contributed by atoms with van der Waals surface area (Å²) in [6.45, 7) is 7.31. The summed E-state index contributed by atoms with van der Waals surface area (Å²) in [5.41, 5.74) is 2.08. The zero-order valence-corrected chi connectivity index (χ0v) is 19.4. The molecule has 0 saturated heterocycles. The van der Waals surface area contributed by atoms with Crippen LogP contribution >= 0.6 is 0 Å². The lowest BCUT2D eigenvalue weighted by molar-refractivity contribution is 0.309. The minimum absolute atomic E-state index is 0.176. The van der Waals surface area contributed by atoms with Gasteiger partial charge < -0.3 is 15.4 Å². The number of unbranched alkanes of at least 4 members (excludes halogenated alkanes) is 1. The lowest BCUT2D eigenvalue weighted by Crippen LogP contribution is -2.13. The first-order chi connectivity index (χ1) is 15.4. The van der Waals surface area contributed by atoms with Crippen molar-refractivity contribution >= 4 is 33.2 Å². The van der Waals surface area contributed by atoms with Crippen molar-refractivity contribution in [1.82, 2.24) is 9.97 Å². The molecule has 9 heteroatoms. The van der Waals surface area contributed by atoms with Crippen LogP contribution in [0.25, 0.3) is 0 Å². The van der Waals surface area contributed by atoms with Gasteiger partial charge in [0.15, 0.2) is 0 Å². The molecule has 8 nitrogen and oxygen atoms in total. The fraction of sp³-hybridized carbons (Fsp3) is 0.304. The van der Waals surface area contributed by atoms with E-state index in [1.165, 1.54) is 0 Å². The molecule has 1 heterocycles. The maximum atomic E-state index is 12.7. The number of hydrogen-bond acceptors (Lipinski definition) is 7. The molecule has 1 aromatic heterocycles. The van der Waals surface area contributed by atoms with E-state index in [9.17, 15) is 8.42 Å². The van der Waals surface area contributed by atoms with Gasteiger partial charge in [0.1, 0.15) is 11.6 Å². The van der Waals surface area contributed by atoms with Gasteiger partial charge >= 0.3 is 0 Å².